The first kappa shape index (κ1) is 12.7. The lowest BCUT2D eigenvalue weighted by Crippen LogP contribution is -2.03. The maximum absolute atomic E-state index is 12.9. The Morgan fingerprint density at radius 2 is 1.83 bits per heavy atom. The molecule has 0 radical (unpaired) electrons. The molecule has 18 heavy (non-hydrogen) atoms. The summed E-state index contributed by atoms with van der Waals surface area (Å²) in [6, 6.07) is 6.20. The summed E-state index contributed by atoms with van der Waals surface area (Å²) in [5, 5.41) is 8.69. The van der Waals surface area contributed by atoms with Crippen molar-refractivity contribution in [2.75, 3.05) is 0 Å². The zero-order valence-corrected chi connectivity index (χ0v) is 11.0. The van der Waals surface area contributed by atoms with E-state index in [-0.39, 0.29) is 17.1 Å². The second-order valence-electron chi connectivity index (χ2n) is 3.42. The van der Waals surface area contributed by atoms with E-state index in [0.717, 1.165) is 6.07 Å². The van der Waals surface area contributed by atoms with Crippen molar-refractivity contribution >= 4 is 34.3 Å². The molecule has 0 saturated heterocycles. The molecule has 1 N–H and O–H groups in total. The Morgan fingerprint density at radius 3 is 2.39 bits per heavy atom. The number of carboxylic acids is 1. The summed E-state index contributed by atoms with van der Waals surface area (Å²) in [6.07, 6.45) is 0. The van der Waals surface area contributed by atoms with Crippen molar-refractivity contribution in [1.29, 1.82) is 0 Å². The van der Waals surface area contributed by atoms with Gasteiger partial charge in [-0.05, 0) is 52.9 Å². The zero-order chi connectivity index (χ0) is 13.3. The topological polar surface area (TPSA) is 67.5 Å². The minimum absolute atomic E-state index is 0.0862. The summed E-state index contributed by atoms with van der Waals surface area (Å²) in [4.78, 5) is 22.6. The normalized spacial score (nSPS) is 10.3. The Balaban J connectivity index is 2.38. The molecule has 0 unspecified atom stereocenters. The van der Waals surface area contributed by atoms with Crippen LogP contribution in [0.1, 0.15) is 26.7 Å². The lowest BCUT2D eigenvalue weighted by atomic mass is 10.1. The van der Waals surface area contributed by atoms with Crippen molar-refractivity contribution in [3.8, 4) is 0 Å². The standard InChI is InChI=1S/C12H6FIO4/c13-6-1-2-7(8(14)5-6)11(15)9-3-4-10(18-9)12(16)17/h1-5H,(H,16,17). The highest BCUT2D eigenvalue weighted by Crippen LogP contribution is 2.19. The van der Waals surface area contributed by atoms with E-state index < -0.39 is 17.6 Å². The highest BCUT2D eigenvalue weighted by atomic mass is 127. The van der Waals surface area contributed by atoms with E-state index in [1.165, 1.54) is 24.3 Å². The second kappa shape index (κ2) is 4.89. The van der Waals surface area contributed by atoms with Gasteiger partial charge < -0.3 is 9.52 Å². The molecule has 0 spiro atoms. The third kappa shape index (κ3) is 2.42. The van der Waals surface area contributed by atoms with Gasteiger partial charge in [-0.1, -0.05) is 0 Å². The molecule has 0 bridgehead atoms. The average molecular weight is 360 g/mol. The zero-order valence-electron chi connectivity index (χ0n) is 8.81. The van der Waals surface area contributed by atoms with Crippen molar-refractivity contribution in [3.05, 3.63) is 56.8 Å². The van der Waals surface area contributed by atoms with Crippen LogP contribution in [0.15, 0.2) is 34.7 Å². The van der Waals surface area contributed by atoms with E-state index >= 15 is 0 Å². The van der Waals surface area contributed by atoms with Crippen LogP contribution in [0.2, 0.25) is 0 Å². The minimum atomic E-state index is -1.25. The Labute approximate surface area is 115 Å². The van der Waals surface area contributed by atoms with Crippen LogP contribution in [0, 0.1) is 9.39 Å². The minimum Gasteiger partial charge on any atom is -0.475 e. The van der Waals surface area contributed by atoms with Gasteiger partial charge in [0.1, 0.15) is 5.82 Å². The van der Waals surface area contributed by atoms with Crippen LogP contribution in [0.3, 0.4) is 0 Å². The highest BCUT2D eigenvalue weighted by Gasteiger charge is 2.18. The van der Waals surface area contributed by atoms with Gasteiger partial charge in [0.05, 0.1) is 0 Å². The molecule has 1 heterocycles. The number of furan rings is 1. The fourth-order valence-electron chi connectivity index (χ4n) is 1.38. The summed E-state index contributed by atoms with van der Waals surface area (Å²) in [5.41, 5.74) is 0.267. The number of hydrogen-bond donors (Lipinski definition) is 1. The second-order valence-corrected chi connectivity index (χ2v) is 4.58. The van der Waals surface area contributed by atoms with Crippen molar-refractivity contribution in [2.45, 2.75) is 0 Å². The first-order valence-corrected chi connectivity index (χ1v) is 5.90. The van der Waals surface area contributed by atoms with Gasteiger partial charge in [-0.3, -0.25) is 4.79 Å². The molecule has 0 fully saturated rings. The highest BCUT2D eigenvalue weighted by molar-refractivity contribution is 14.1. The van der Waals surface area contributed by atoms with Crippen molar-refractivity contribution in [2.24, 2.45) is 0 Å². The summed E-state index contributed by atoms with van der Waals surface area (Å²) in [5.74, 6) is -2.57. The molecule has 2 rings (SSSR count). The molecule has 2 aromatic rings. The van der Waals surface area contributed by atoms with E-state index in [1.54, 1.807) is 0 Å². The third-order valence-electron chi connectivity index (χ3n) is 2.22. The lowest BCUT2D eigenvalue weighted by molar-refractivity contribution is 0.0660. The molecule has 0 saturated carbocycles. The summed E-state index contributed by atoms with van der Waals surface area (Å²) >= 11 is 1.83. The summed E-state index contributed by atoms with van der Waals surface area (Å²) in [7, 11) is 0. The SMILES string of the molecule is O=C(O)c1ccc(C(=O)c2ccc(F)cc2I)o1. The van der Waals surface area contributed by atoms with E-state index in [0.29, 0.717) is 3.57 Å². The summed E-state index contributed by atoms with van der Waals surface area (Å²) in [6.45, 7) is 0. The van der Waals surface area contributed by atoms with E-state index in [4.69, 9.17) is 9.52 Å². The maximum atomic E-state index is 12.9. The van der Waals surface area contributed by atoms with Crippen LogP contribution in [0.5, 0.6) is 0 Å². The Morgan fingerprint density at radius 1 is 1.17 bits per heavy atom. The Kier molecular flexibility index (Phi) is 3.46. The van der Waals surface area contributed by atoms with E-state index in [9.17, 15) is 14.0 Å². The van der Waals surface area contributed by atoms with E-state index in [2.05, 4.69) is 0 Å². The molecule has 0 amide bonds. The lowest BCUT2D eigenvalue weighted by Gasteiger charge is -2.01. The first-order chi connectivity index (χ1) is 8.49. The molecular weight excluding hydrogens is 354 g/mol. The molecule has 0 aliphatic heterocycles. The fourth-order valence-corrected chi connectivity index (χ4v) is 2.10. The summed E-state index contributed by atoms with van der Waals surface area (Å²) < 4.78 is 18.2. The third-order valence-corrected chi connectivity index (χ3v) is 3.11. The number of carbonyl (C=O) groups excluding carboxylic acids is 1. The number of ketones is 1. The number of hydrogen-bond acceptors (Lipinski definition) is 3. The number of rotatable bonds is 3. The largest absolute Gasteiger partial charge is 0.475 e. The van der Waals surface area contributed by atoms with Gasteiger partial charge >= 0.3 is 5.97 Å². The maximum Gasteiger partial charge on any atom is 0.371 e. The molecule has 92 valence electrons. The van der Waals surface area contributed by atoms with Crippen molar-refractivity contribution < 1.29 is 23.5 Å². The van der Waals surface area contributed by atoms with Crippen LogP contribution >= 0.6 is 22.6 Å². The van der Waals surface area contributed by atoms with Gasteiger partial charge in [0.2, 0.25) is 11.5 Å². The van der Waals surface area contributed by atoms with Gasteiger partial charge in [0.25, 0.3) is 0 Å². The molecule has 6 heteroatoms. The van der Waals surface area contributed by atoms with Crippen LogP contribution < -0.4 is 0 Å². The molecule has 0 aliphatic rings. The van der Waals surface area contributed by atoms with Crippen molar-refractivity contribution in [1.82, 2.24) is 0 Å². The Hall–Kier alpha value is -1.70. The molecule has 4 nitrogen and oxygen atoms in total. The van der Waals surface area contributed by atoms with Crippen LogP contribution in [-0.2, 0) is 0 Å². The number of carbonyl (C=O) groups is 2. The van der Waals surface area contributed by atoms with Gasteiger partial charge in [0.15, 0.2) is 5.76 Å². The van der Waals surface area contributed by atoms with Crippen LogP contribution in [0.4, 0.5) is 4.39 Å². The molecular formula is C12H6FIO4. The predicted octanol–water partition coefficient (Wildman–Crippen LogP) is 2.95. The quantitative estimate of drug-likeness (QED) is 0.675. The molecule has 1 aromatic carbocycles. The van der Waals surface area contributed by atoms with Crippen LogP contribution in [-0.4, -0.2) is 16.9 Å². The molecule has 0 aliphatic carbocycles. The smallest absolute Gasteiger partial charge is 0.371 e. The average Bonchev–Trinajstić information content (AvgIpc) is 2.77. The molecule has 0 atom stereocenters. The van der Waals surface area contributed by atoms with Gasteiger partial charge in [-0.2, -0.15) is 0 Å². The Bertz CT molecular complexity index is 633. The van der Waals surface area contributed by atoms with Gasteiger partial charge in [0, 0.05) is 9.13 Å². The number of benzene rings is 1. The molecule has 1 aromatic heterocycles. The number of aromatic carboxylic acids is 1. The van der Waals surface area contributed by atoms with Crippen molar-refractivity contribution in [3.63, 3.8) is 0 Å². The van der Waals surface area contributed by atoms with Crippen LogP contribution in [0.25, 0.3) is 0 Å². The van der Waals surface area contributed by atoms with E-state index in [1.807, 2.05) is 22.6 Å². The number of halogens is 2. The number of carboxylic acid groups (broad SMARTS) is 1. The first-order valence-electron chi connectivity index (χ1n) is 4.82. The predicted molar refractivity (Wildman–Crippen MR) is 68.2 cm³/mol. The monoisotopic (exact) mass is 360 g/mol. The van der Waals surface area contributed by atoms with Gasteiger partial charge in [-0.25, -0.2) is 9.18 Å². The van der Waals surface area contributed by atoms with Gasteiger partial charge in [-0.15, -0.1) is 0 Å². The fraction of sp³-hybridized carbons (Fsp3) is 0.